The van der Waals surface area contributed by atoms with Crippen LogP contribution in [0, 0.1) is 9.49 Å². The summed E-state index contributed by atoms with van der Waals surface area (Å²) < 4.78 is 11.6. The molecule has 1 aromatic rings. The highest BCUT2D eigenvalue weighted by atomic mass is 127. The van der Waals surface area contributed by atoms with E-state index in [0.29, 0.717) is 13.0 Å². The first-order valence-corrected chi connectivity index (χ1v) is 9.05. The van der Waals surface area contributed by atoms with Crippen molar-refractivity contribution in [3.8, 4) is 0 Å². The monoisotopic (exact) mass is 447 g/mol. The molecule has 5 nitrogen and oxygen atoms in total. The minimum Gasteiger partial charge on any atom is -0.464 e. The second-order valence-corrected chi connectivity index (χ2v) is 8.30. The van der Waals surface area contributed by atoms with Crippen LogP contribution < -0.4 is 5.32 Å². The van der Waals surface area contributed by atoms with E-state index in [4.69, 9.17) is 9.47 Å². The van der Waals surface area contributed by atoms with Crippen molar-refractivity contribution < 1.29 is 19.1 Å². The van der Waals surface area contributed by atoms with Gasteiger partial charge in [-0.2, -0.15) is 0 Å². The van der Waals surface area contributed by atoms with Crippen molar-refractivity contribution >= 4 is 34.7 Å². The molecule has 24 heavy (non-hydrogen) atoms. The normalized spacial score (nSPS) is 12.6. The first-order valence-electron chi connectivity index (χ1n) is 7.97. The zero-order chi connectivity index (χ0) is 18.3. The predicted octanol–water partition coefficient (Wildman–Crippen LogP) is 3.93. The number of esters is 1. The van der Waals surface area contributed by atoms with E-state index in [-0.39, 0.29) is 5.92 Å². The van der Waals surface area contributed by atoms with Gasteiger partial charge in [-0.25, -0.2) is 9.59 Å². The molecule has 0 saturated heterocycles. The molecular weight excluding hydrogens is 421 g/mol. The minimum atomic E-state index is -0.779. The predicted molar refractivity (Wildman–Crippen MR) is 102 cm³/mol. The second kappa shape index (κ2) is 9.25. The average Bonchev–Trinajstić information content (AvgIpc) is 2.44. The van der Waals surface area contributed by atoms with Gasteiger partial charge in [-0.15, -0.1) is 0 Å². The molecule has 0 heterocycles. The van der Waals surface area contributed by atoms with E-state index in [1.165, 1.54) is 0 Å². The van der Waals surface area contributed by atoms with Crippen LogP contribution in [0.3, 0.4) is 0 Å². The first kappa shape index (κ1) is 20.7. The molecule has 1 aromatic carbocycles. The Bertz CT molecular complexity index is 549. The van der Waals surface area contributed by atoms with Gasteiger partial charge >= 0.3 is 12.1 Å². The molecule has 0 spiro atoms. The van der Waals surface area contributed by atoms with Crippen molar-refractivity contribution in [3.05, 3.63) is 33.4 Å². The highest BCUT2D eigenvalue weighted by Crippen LogP contribution is 2.12. The van der Waals surface area contributed by atoms with Gasteiger partial charge in [-0.1, -0.05) is 26.0 Å². The van der Waals surface area contributed by atoms with Crippen molar-refractivity contribution in [2.75, 3.05) is 6.61 Å². The minimum absolute atomic E-state index is 0.231. The Morgan fingerprint density at radius 3 is 2.25 bits per heavy atom. The zero-order valence-electron chi connectivity index (χ0n) is 14.9. The van der Waals surface area contributed by atoms with Gasteiger partial charge in [-0.05, 0) is 67.0 Å². The van der Waals surface area contributed by atoms with Crippen LogP contribution in [0.1, 0.15) is 40.2 Å². The van der Waals surface area contributed by atoms with Crippen LogP contribution >= 0.6 is 22.6 Å². The van der Waals surface area contributed by atoms with Crippen LogP contribution in [0.5, 0.6) is 0 Å². The number of ether oxygens (including phenoxy) is 2. The number of hydrogen-bond acceptors (Lipinski definition) is 4. The fraction of sp³-hybridized carbons (Fsp3) is 0.556. The summed E-state index contributed by atoms with van der Waals surface area (Å²) in [6.07, 6.45) is -0.271. The number of amides is 1. The van der Waals surface area contributed by atoms with Gasteiger partial charge in [0.2, 0.25) is 0 Å². The lowest BCUT2D eigenvalue weighted by molar-refractivity contribution is -0.147. The Morgan fingerprint density at radius 1 is 1.17 bits per heavy atom. The lowest BCUT2D eigenvalue weighted by Gasteiger charge is -2.23. The number of halogens is 1. The summed E-state index contributed by atoms with van der Waals surface area (Å²) in [6.45, 7) is 9.57. The maximum absolute atomic E-state index is 12.3. The van der Waals surface area contributed by atoms with E-state index in [1.54, 1.807) is 20.8 Å². The van der Waals surface area contributed by atoms with Gasteiger partial charge in [0.1, 0.15) is 11.6 Å². The Morgan fingerprint density at radius 2 is 1.75 bits per heavy atom. The van der Waals surface area contributed by atoms with Gasteiger partial charge in [-0.3, -0.25) is 0 Å². The van der Waals surface area contributed by atoms with Crippen LogP contribution in [0.15, 0.2) is 24.3 Å². The largest absolute Gasteiger partial charge is 0.464 e. The SMILES string of the molecule is CC(C)COC(=O)[C@H](Cc1ccc(I)cc1)NC(=O)OC(C)(C)C. The van der Waals surface area contributed by atoms with Gasteiger partial charge in [0.15, 0.2) is 0 Å². The van der Waals surface area contributed by atoms with Gasteiger partial charge in [0.05, 0.1) is 6.61 Å². The average molecular weight is 447 g/mol. The molecule has 0 aliphatic rings. The highest BCUT2D eigenvalue weighted by Gasteiger charge is 2.26. The van der Waals surface area contributed by atoms with E-state index in [9.17, 15) is 9.59 Å². The molecule has 1 atom stereocenters. The number of alkyl carbamates (subject to hydrolysis) is 1. The lowest BCUT2D eigenvalue weighted by atomic mass is 10.1. The molecule has 134 valence electrons. The Hall–Kier alpha value is -1.31. The molecule has 0 radical (unpaired) electrons. The Labute approximate surface area is 157 Å². The summed E-state index contributed by atoms with van der Waals surface area (Å²) in [7, 11) is 0. The molecule has 1 N–H and O–H groups in total. The molecule has 0 fully saturated rings. The van der Waals surface area contributed by atoms with E-state index in [0.717, 1.165) is 9.13 Å². The topological polar surface area (TPSA) is 64.6 Å². The van der Waals surface area contributed by atoms with Crippen molar-refractivity contribution in [2.45, 2.75) is 52.7 Å². The van der Waals surface area contributed by atoms with Crippen LogP contribution in [0.25, 0.3) is 0 Å². The van der Waals surface area contributed by atoms with Gasteiger partial charge < -0.3 is 14.8 Å². The third kappa shape index (κ3) is 8.52. The maximum Gasteiger partial charge on any atom is 0.408 e. The smallest absolute Gasteiger partial charge is 0.408 e. The van der Waals surface area contributed by atoms with Gasteiger partial charge in [0, 0.05) is 9.99 Å². The fourth-order valence-corrected chi connectivity index (χ4v) is 2.21. The molecular formula is C18H26INO4. The second-order valence-electron chi connectivity index (χ2n) is 7.05. The quantitative estimate of drug-likeness (QED) is 0.531. The van der Waals surface area contributed by atoms with Gasteiger partial charge in [0.25, 0.3) is 0 Å². The fourth-order valence-electron chi connectivity index (χ4n) is 1.85. The van der Waals surface area contributed by atoms with Crippen LogP contribution in [-0.2, 0) is 20.7 Å². The third-order valence-electron chi connectivity index (χ3n) is 2.89. The molecule has 0 unspecified atom stereocenters. The lowest BCUT2D eigenvalue weighted by Crippen LogP contribution is -2.45. The summed E-state index contributed by atoms with van der Waals surface area (Å²) in [5, 5.41) is 2.62. The van der Waals surface area contributed by atoms with E-state index < -0.39 is 23.7 Å². The Balaban J connectivity index is 2.79. The van der Waals surface area contributed by atoms with Crippen molar-refractivity contribution in [3.63, 3.8) is 0 Å². The molecule has 0 aromatic heterocycles. The summed E-state index contributed by atoms with van der Waals surface area (Å²) in [6, 6.07) is 7.00. The van der Waals surface area contributed by atoms with Crippen molar-refractivity contribution in [2.24, 2.45) is 5.92 Å². The highest BCUT2D eigenvalue weighted by molar-refractivity contribution is 14.1. The molecule has 1 amide bonds. The van der Waals surface area contributed by atoms with Crippen molar-refractivity contribution in [1.82, 2.24) is 5.32 Å². The summed E-state index contributed by atoms with van der Waals surface area (Å²) in [5.74, 6) is -0.220. The van der Waals surface area contributed by atoms with Crippen molar-refractivity contribution in [1.29, 1.82) is 0 Å². The summed E-state index contributed by atoms with van der Waals surface area (Å²) in [4.78, 5) is 24.3. The number of hydrogen-bond donors (Lipinski definition) is 1. The summed E-state index contributed by atoms with van der Waals surface area (Å²) >= 11 is 2.22. The number of carbonyl (C=O) groups excluding carboxylic acids is 2. The number of rotatable bonds is 6. The van der Waals surface area contributed by atoms with E-state index >= 15 is 0 Å². The maximum atomic E-state index is 12.3. The molecule has 0 aliphatic heterocycles. The number of benzene rings is 1. The van der Waals surface area contributed by atoms with Crippen LogP contribution in [0.4, 0.5) is 4.79 Å². The first-order chi connectivity index (χ1) is 11.1. The molecule has 6 heteroatoms. The number of nitrogens with one attached hydrogen (secondary N) is 1. The number of carbonyl (C=O) groups is 2. The van der Waals surface area contributed by atoms with E-state index in [2.05, 4.69) is 27.9 Å². The molecule has 0 aliphatic carbocycles. The molecule has 0 bridgehead atoms. The molecule has 0 saturated carbocycles. The van der Waals surface area contributed by atoms with Crippen LogP contribution in [0.2, 0.25) is 0 Å². The third-order valence-corrected chi connectivity index (χ3v) is 3.61. The Kier molecular flexibility index (Phi) is 7.99. The van der Waals surface area contributed by atoms with Crippen LogP contribution in [-0.4, -0.2) is 30.3 Å². The van der Waals surface area contributed by atoms with E-state index in [1.807, 2.05) is 38.1 Å². The zero-order valence-corrected chi connectivity index (χ0v) is 17.0. The summed E-state index contributed by atoms with van der Waals surface area (Å²) in [5.41, 5.74) is 0.317. The molecule has 1 rings (SSSR count). The standard InChI is InChI=1S/C18H26INO4/c1-12(2)11-23-16(21)15(20-17(22)24-18(3,4)5)10-13-6-8-14(19)9-7-13/h6-9,12,15H,10-11H2,1-5H3,(H,20,22)/t15-/m0/s1.